The van der Waals surface area contributed by atoms with E-state index >= 15 is 0 Å². The second-order valence-electron chi connectivity index (χ2n) is 6.65. The third-order valence-corrected chi connectivity index (χ3v) is 4.17. The maximum absolute atomic E-state index is 12.8. The van der Waals surface area contributed by atoms with Gasteiger partial charge in [-0.25, -0.2) is 9.78 Å². The highest BCUT2D eigenvalue weighted by Crippen LogP contribution is 2.34. The maximum atomic E-state index is 12.8. The Bertz CT molecular complexity index is 849. The van der Waals surface area contributed by atoms with Crippen molar-refractivity contribution in [1.82, 2.24) is 4.98 Å². The Kier molecular flexibility index (Phi) is 5.30. The van der Waals surface area contributed by atoms with Gasteiger partial charge >= 0.3 is 5.97 Å². The van der Waals surface area contributed by atoms with Crippen LogP contribution in [0.2, 0.25) is 0 Å². The summed E-state index contributed by atoms with van der Waals surface area (Å²) in [5.41, 5.74) is 7.11. The van der Waals surface area contributed by atoms with Gasteiger partial charge < -0.3 is 15.2 Å². The van der Waals surface area contributed by atoms with Gasteiger partial charge in [0.1, 0.15) is 5.82 Å². The third-order valence-electron chi connectivity index (χ3n) is 4.17. The van der Waals surface area contributed by atoms with Gasteiger partial charge in [-0.3, -0.25) is 9.69 Å². The first kappa shape index (κ1) is 18.7. The van der Waals surface area contributed by atoms with Crippen molar-refractivity contribution >= 4 is 23.5 Å². The van der Waals surface area contributed by atoms with E-state index < -0.39 is 6.10 Å². The van der Waals surface area contributed by atoms with E-state index in [4.69, 9.17) is 15.2 Å². The SMILES string of the molecule is CCC1Oc2ccc(N)nc2N(Cc2ccc(C(=O)OC(C)C)cc2)C1=O. The van der Waals surface area contributed by atoms with Crippen LogP contribution in [0.5, 0.6) is 5.75 Å². The van der Waals surface area contributed by atoms with Crippen molar-refractivity contribution in [3.63, 3.8) is 0 Å². The number of benzene rings is 1. The maximum Gasteiger partial charge on any atom is 0.338 e. The number of nitrogens with two attached hydrogens (primary N) is 1. The van der Waals surface area contributed by atoms with Gasteiger partial charge in [0, 0.05) is 0 Å². The van der Waals surface area contributed by atoms with E-state index in [1.165, 1.54) is 0 Å². The molecular weight excluding hydrogens is 346 g/mol. The van der Waals surface area contributed by atoms with E-state index in [2.05, 4.69) is 4.98 Å². The molecule has 1 unspecified atom stereocenters. The number of amides is 1. The summed E-state index contributed by atoms with van der Waals surface area (Å²) in [5, 5.41) is 0. The van der Waals surface area contributed by atoms with Crippen molar-refractivity contribution in [2.24, 2.45) is 0 Å². The molecule has 1 aromatic carbocycles. The van der Waals surface area contributed by atoms with Crippen molar-refractivity contribution in [3.05, 3.63) is 47.5 Å². The minimum absolute atomic E-state index is 0.161. The highest BCUT2D eigenvalue weighted by Gasteiger charge is 2.34. The summed E-state index contributed by atoms with van der Waals surface area (Å²) >= 11 is 0. The predicted octanol–water partition coefficient (Wildman–Crippen LogP) is 2.93. The Morgan fingerprint density at radius 2 is 1.96 bits per heavy atom. The van der Waals surface area contributed by atoms with Gasteiger partial charge in [-0.2, -0.15) is 0 Å². The van der Waals surface area contributed by atoms with Gasteiger partial charge in [-0.1, -0.05) is 19.1 Å². The Hall–Kier alpha value is -3.09. The Balaban J connectivity index is 1.85. The van der Waals surface area contributed by atoms with E-state index in [1.54, 1.807) is 55.1 Å². The number of esters is 1. The Labute approximate surface area is 158 Å². The monoisotopic (exact) mass is 369 g/mol. The summed E-state index contributed by atoms with van der Waals surface area (Å²) in [7, 11) is 0. The van der Waals surface area contributed by atoms with E-state index in [0.29, 0.717) is 35.9 Å². The van der Waals surface area contributed by atoms with Crippen molar-refractivity contribution in [1.29, 1.82) is 0 Å². The number of rotatable bonds is 5. The number of hydrogen-bond acceptors (Lipinski definition) is 6. The quantitative estimate of drug-likeness (QED) is 0.814. The zero-order chi connectivity index (χ0) is 19.6. The van der Waals surface area contributed by atoms with Crippen LogP contribution in [-0.4, -0.2) is 29.1 Å². The molecule has 0 fully saturated rings. The fraction of sp³-hybridized carbons (Fsp3) is 0.350. The molecule has 1 aliphatic heterocycles. The van der Waals surface area contributed by atoms with Gasteiger partial charge in [-0.05, 0) is 50.1 Å². The second kappa shape index (κ2) is 7.65. The Morgan fingerprint density at radius 3 is 2.59 bits per heavy atom. The number of carbonyl (C=O) groups excluding carboxylic acids is 2. The summed E-state index contributed by atoms with van der Waals surface area (Å²) in [4.78, 5) is 30.6. The fourth-order valence-corrected chi connectivity index (χ4v) is 2.84. The topological polar surface area (TPSA) is 94.8 Å². The lowest BCUT2D eigenvalue weighted by Crippen LogP contribution is -2.45. The molecule has 0 radical (unpaired) electrons. The minimum Gasteiger partial charge on any atom is -0.477 e. The summed E-state index contributed by atoms with van der Waals surface area (Å²) < 4.78 is 10.9. The molecular formula is C20H23N3O4. The smallest absolute Gasteiger partial charge is 0.338 e. The van der Waals surface area contributed by atoms with Crippen LogP contribution in [0.3, 0.4) is 0 Å². The van der Waals surface area contributed by atoms with Crippen LogP contribution in [0.4, 0.5) is 11.6 Å². The minimum atomic E-state index is -0.553. The van der Waals surface area contributed by atoms with Crippen LogP contribution < -0.4 is 15.4 Å². The van der Waals surface area contributed by atoms with Crippen molar-refractivity contribution < 1.29 is 19.1 Å². The molecule has 2 heterocycles. The first-order chi connectivity index (χ1) is 12.9. The van der Waals surface area contributed by atoms with Crippen LogP contribution in [0.25, 0.3) is 0 Å². The normalized spacial score (nSPS) is 16.1. The number of aromatic nitrogens is 1. The van der Waals surface area contributed by atoms with Crippen LogP contribution in [0, 0.1) is 0 Å². The van der Waals surface area contributed by atoms with Crippen molar-refractivity contribution in [3.8, 4) is 5.75 Å². The zero-order valence-electron chi connectivity index (χ0n) is 15.6. The lowest BCUT2D eigenvalue weighted by Gasteiger charge is -2.33. The van der Waals surface area contributed by atoms with E-state index in [9.17, 15) is 9.59 Å². The first-order valence-electron chi connectivity index (χ1n) is 8.93. The van der Waals surface area contributed by atoms with Gasteiger partial charge in [0.2, 0.25) is 0 Å². The first-order valence-corrected chi connectivity index (χ1v) is 8.93. The number of nitrogen functional groups attached to an aromatic ring is 1. The van der Waals surface area contributed by atoms with E-state index in [0.717, 1.165) is 5.56 Å². The molecule has 27 heavy (non-hydrogen) atoms. The number of carbonyl (C=O) groups is 2. The van der Waals surface area contributed by atoms with Crippen molar-refractivity contribution in [2.75, 3.05) is 10.6 Å². The molecule has 0 saturated carbocycles. The summed E-state index contributed by atoms with van der Waals surface area (Å²) in [5.74, 6) is 0.730. The average Bonchev–Trinajstić information content (AvgIpc) is 2.64. The molecule has 7 heteroatoms. The number of fused-ring (bicyclic) bond motifs is 1. The molecule has 0 aliphatic carbocycles. The molecule has 7 nitrogen and oxygen atoms in total. The van der Waals surface area contributed by atoms with Gasteiger partial charge in [-0.15, -0.1) is 0 Å². The molecule has 1 atom stereocenters. The Morgan fingerprint density at radius 1 is 1.26 bits per heavy atom. The number of ether oxygens (including phenoxy) is 2. The van der Waals surface area contributed by atoms with Gasteiger partial charge in [0.05, 0.1) is 18.2 Å². The molecule has 0 saturated heterocycles. The largest absolute Gasteiger partial charge is 0.477 e. The lowest BCUT2D eigenvalue weighted by molar-refractivity contribution is -0.126. The number of pyridine rings is 1. The van der Waals surface area contributed by atoms with Crippen LogP contribution in [-0.2, 0) is 16.1 Å². The highest BCUT2D eigenvalue weighted by atomic mass is 16.5. The number of hydrogen-bond donors (Lipinski definition) is 1. The summed E-state index contributed by atoms with van der Waals surface area (Å²) in [6.45, 7) is 5.81. The molecule has 1 aliphatic rings. The third kappa shape index (κ3) is 4.02. The molecule has 0 spiro atoms. The molecule has 3 rings (SSSR count). The van der Waals surface area contributed by atoms with Gasteiger partial charge in [0.25, 0.3) is 5.91 Å². The standard InChI is InChI=1S/C20H23N3O4/c1-4-15-19(24)23(18-16(27-15)9-10-17(21)22-18)11-13-5-7-14(8-6-13)20(25)26-12(2)3/h5-10,12,15H,4,11H2,1-3H3,(H2,21,22). The summed E-state index contributed by atoms with van der Waals surface area (Å²) in [6.07, 6.45) is -0.176. The molecule has 2 aromatic rings. The van der Waals surface area contributed by atoms with Crippen molar-refractivity contribution in [2.45, 2.75) is 45.9 Å². The predicted molar refractivity (Wildman–Crippen MR) is 102 cm³/mol. The summed E-state index contributed by atoms with van der Waals surface area (Å²) in [6, 6.07) is 10.4. The average molecular weight is 369 g/mol. The van der Waals surface area contributed by atoms with E-state index in [-0.39, 0.29) is 18.0 Å². The lowest BCUT2D eigenvalue weighted by atomic mass is 10.1. The molecule has 142 valence electrons. The fourth-order valence-electron chi connectivity index (χ4n) is 2.84. The molecule has 0 bridgehead atoms. The number of nitrogens with zero attached hydrogens (tertiary/aromatic N) is 2. The van der Waals surface area contributed by atoms with Gasteiger partial charge in [0.15, 0.2) is 17.7 Å². The molecule has 1 amide bonds. The molecule has 2 N–H and O–H groups in total. The second-order valence-corrected chi connectivity index (χ2v) is 6.65. The molecule has 1 aromatic heterocycles. The van der Waals surface area contributed by atoms with Crippen LogP contribution in [0.15, 0.2) is 36.4 Å². The van der Waals surface area contributed by atoms with Crippen LogP contribution in [0.1, 0.15) is 43.1 Å². The van der Waals surface area contributed by atoms with Crippen LogP contribution >= 0.6 is 0 Å². The number of anilines is 2. The van der Waals surface area contributed by atoms with E-state index in [1.807, 2.05) is 6.92 Å². The zero-order valence-corrected chi connectivity index (χ0v) is 15.6. The highest BCUT2D eigenvalue weighted by molar-refractivity contribution is 5.99.